The van der Waals surface area contributed by atoms with Crippen LogP contribution in [0.2, 0.25) is 0 Å². The van der Waals surface area contributed by atoms with Gasteiger partial charge in [-0.05, 0) is 79.4 Å². The van der Waals surface area contributed by atoms with E-state index in [4.69, 9.17) is 10.5 Å². The van der Waals surface area contributed by atoms with Gasteiger partial charge in [-0.15, -0.1) is 0 Å². The Morgan fingerprint density at radius 3 is 2.78 bits per heavy atom. The van der Waals surface area contributed by atoms with Crippen LogP contribution in [0.25, 0.3) is 12.2 Å². The number of likely N-dealkylation sites (tertiary alicyclic amines) is 1. The summed E-state index contributed by atoms with van der Waals surface area (Å²) in [7, 11) is 2.21. The number of benzene rings is 2. The van der Waals surface area contributed by atoms with E-state index in [1.165, 1.54) is 48.1 Å². The van der Waals surface area contributed by atoms with Gasteiger partial charge >= 0.3 is 0 Å². The summed E-state index contributed by atoms with van der Waals surface area (Å²) in [6, 6.07) is 15.0. The summed E-state index contributed by atoms with van der Waals surface area (Å²) in [5, 5.41) is 0. The van der Waals surface area contributed by atoms with E-state index in [0.717, 1.165) is 24.5 Å². The van der Waals surface area contributed by atoms with Gasteiger partial charge in [0, 0.05) is 11.7 Å². The Bertz CT molecular complexity index is 851. The summed E-state index contributed by atoms with van der Waals surface area (Å²) in [4.78, 5) is 2.43. The maximum atomic E-state index is 6.12. The summed E-state index contributed by atoms with van der Waals surface area (Å²) in [5.41, 5.74) is 11.7. The lowest BCUT2D eigenvalue weighted by Gasteiger charge is -2.32. The second-order valence-electron chi connectivity index (χ2n) is 7.70. The lowest BCUT2D eigenvalue weighted by atomic mass is 10.0. The molecular weight excluding hydrogens is 332 g/mol. The Hall–Kier alpha value is -2.52. The fraction of sp³-hybridized carbons (Fsp3) is 0.333. The Balaban J connectivity index is 1.36. The molecule has 4 rings (SSSR count). The number of fused-ring (bicyclic) bond motifs is 1. The number of piperidine rings is 1. The minimum Gasteiger partial charge on any atom is -0.492 e. The van der Waals surface area contributed by atoms with Gasteiger partial charge in [0.05, 0.1) is 0 Å². The lowest BCUT2D eigenvalue weighted by molar-refractivity contribution is 0.125. The van der Waals surface area contributed by atoms with E-state index in [9.17, 15) is 0 Å². The zero-order valence-corrected chi connectivity index (χ0v) is 16.0. The molecule has 0 spiro atoms. The second-order valence-corrected chi connectivity index (χ2v) is 7.70. The number of anilines is 1. The highest BCUT2D eigenvalue weighted by atomic mass is 16.5. The van der Waals surface area contributed by atoms with E-state index in [-0.39, 0.29) is 0 Å². The number of allylic oxidation sites excluding steroid dienone is 2. The molecule has 0 amide bonds. The maximum absolute atomic E-state index is 6.12. The molecule has 2 aromatic rings. The molecule has 0 saturated carbocycles. The minimum atomic E-state index is 0.545. The molecular formula is C24H28N2O. The van der Waals surface area contributed by atoms with E-state index < -0.39 is 0 Å². The van der Waals surface area contributed by atoms with Gasteiger partial charge in [0.25, 0.3) is 0 Å². The van der Waals surface area contributed by atoms with Crippen LogP contribution in [-0.4, -0.2) is 31.1 Å². The largest absolute Gasteiger partial charge is 0.492 e. The molecule has 3 nitrogen and oxygen atoms in total. The molecule has 2 aliphatic rings. The second kappa shape index (κ2) is 8.01. The number of ether oxygens (including phenoxy) is 1. The van der Waals surface area contributed by atoms with Crippen molar-refractivity contribution in [2.75, 3.05) is 25.9 Å². The van der Waals surface area contributed by atoms with Gasteiger partial charge in [-0.2, -0.15) is 0 Å². The highest BCUT2D eigenvalue weighted by Crippen LogP contribution is 2.30. The number of hydrogen-bond donors (Lipinski definition) is 1. The number of likely N-dealkylation sites (N-methyl/N-ethyl adjacent to an activating group) is 1. The molecule has 1 saturated heterocycles. The normalized spacial score (nSPS) is 19.9. The fourth-order valence-electron chi connectivity index (χ4n) is 3.90. The first-order valence-corrected chi connectivity index (χ1v) is 9.87. The van der Waals surface area contributed by atoms with Crippen LogP contribution in [0.4, 0.5) is 5.69 Å². The number of rotatable bonds is 5. The van der Waals surface area contributed by atoms with E-state index in [1.807, 2.05) is 24.3 Å². The van der Waals surface area contributed by atoms with Gasteiger partial charge in [-0.3, -0.25) is 0 Å². The van der Waals surface area contributed by atoms with Crippen molar-refractivity contribution < 1.29 is 4.74 Å². The highest BCUT2D eigenvalue weighted by molar-refractivity contribution is 5.70. The molecule has 0 aromatic heterocycles. The minimum absolute atomic E-state index is 0.545. The van der Waals surface area contributed by atoms with E-state index in [2.05, 4.69) is 48.4 Å². The van der Waals surface area contributed by atoms with Gasteiger partial charge in [-0.25, -0.2) is 0 Å². The third-order valence-electron chi connectivity index (χ3n) is 5.64. The van der Waals surface area contributed by atoms with Gasteiger partial charge in [-0.1, -0.05) is 42.8 Å². The number of nitrogens with zero attached hydrogens (tertiary/aromatic N) is 1. The molecule has 1 aliphatic carbocycles. The predicted molar refractivity (Wildman–Crippen MR) is 114 cm³/mol. The van der Waals surface area contributed by atoms with E-state index >= 15 is 0 Å². The summed E-state index contributed by atoms with van der Waals surface area (Å²) < 4.78 is 6.12. The van der Waals surface area contributed by atoms with Gasteiger partial charge in [0.15, 0.2) is 0 Å². The van der Waals surface area contributed by atoms with Crippen LogP contribution >= 0.6 is 0 Å². The monoisotopic (exact) mass is 360 g/mol. The molecule has 1 aliphatic heterocycles. The molecule has 2 aromatic carbocycles. The Morgan fingerprint density at radius 1 is 1.11 bits per heavy atom. The van der Waals surface area contributed by atoms with Crippen LogP contribution in [0, 0.1) is 0 Å². The third-order valence-corrected chi connectivity index (χ3v) is 5.64. The highest BCUT2D eigenvalue weighted by Gasteiger charge is 2.19. The Kier molecular flexibility index (Phi) is 5.30. The van der Waals surface area contributed by atoms with Crippen molar-refractivity contribution >= 4 is 17.8 Å². The van der Waals surface area contributed by atoms with Crippen molar-refractivity contribution in [3.63, 3.8) is 0 Å². The van der Waals surface area contributed by atoms with Crippen molar-refractivity contribution in [1.29, 1.82) is 0 Å². The SMILES string of the molecule is CN1CCCCC1COc1ccc2c(c1)CC(/C=C/c1ccc(N)cc1)=C2. The first-order valence-electron chi connectivity index (χ1n) is 9.87. The molecule has 0 bridgehead atoms. The van der Waals surface area contributed by atoms with Crippen LogP contribution in [0.5, 0.6) is 5.75 Å². The van der Waals surface area contributed by atoms with Crippen LogP contribution < -0.4 is 10.5 Å². The average molecular weight is 361 g/mol. The predicted octanol–water partition coefficient (Wildman–Crippen LogP) is 4.78. The zero-order valence-electron chi connectivity index (χ0n) is 16.0. The van der Waals surface area contributed by atoms with Crippen molar-refractivity contribution in [2.45, 2.75) is 31.7 Å². The van der Waals surface area contributed by atoms with Crippen molar-refractivity contribution in [1.82, 2.24) is 4.90 Å². The van der Waals surface area contributed by atoms with E-state index in [1.54, 1.807) is 0 Å². The quantitative estimate of drug-likeness (QED) is 0.780. The van der Waals surface area contributed by atoms with Gasteiger partial charge in [0.2, 0.25) is 0 Å². The summed E-state index contributed by atoms with van der Waals surface area (Å²) in [6.07, 6.45) is 11.4. The number of hydrogen-bond acceptors (Lipinski definition) is 3. The molecule has 27 heavy (non-hydrogen) atoms. The van der Waals surface area contributed by atoms with Crippen LogP contribution in [0.3, 0.4) is 0 Å². The third kappa shape index (κ3) is 4.42. The Labute approximate surface area is 162 Å². The van der Waals surface area contributed by atoms with Crippen molar-refractivity contribution in [3.8, 4) is 5.75 Å². The van der Waals surface area contributed by atoms with Crippen LogP contribution in [0.1, 0.15) is 36.0 Å². The number of nitrogen functional groups attached to an aromatic ring is 1. The van der Waals surface area contributed by atoms with Crippen LogP contribution in [-0.2, 0) is 6.42 Å². The molecule has 1 fully saturated rings. The number of nitrogens with two attached hydrogens (primary N) is 1. The first kappa shape index (κ1) is 17.9. The molecule has 140 valence electrons. The molecule has 3 heteroatoms. The Morgan fingerprint density at radius 2 is 1.96 bits per heavy atom. The van der Waals surface area contributed by atoms with Gasteiger partial charge in [0.1, 0.15) is 12.4 Å². The molecule has 1 atom stereocenters. The fourth-order valence-corrected chi connectivity index (χ4v) is 3.90. The first-order chi connectivity index (χ1) is 13.2. The summed E-state index contributed by atoms with van der Waals surface area (Å²) in [5.74, 6) is 0.991. The van der Waals surface area contributed by atoms with E-state index in [0.29, 0.717) is 6.04 Å². The topological polar surface area (TPSA) is 38.5 Å². The molecule has 0 radical (unpaired) electrons. The van der Waals surface area contributed by atoms with Crippen LogP contribution in [0.15, 0.2) is 54.1 Å². The summed E-state index contributed by atoms with van der Waals surface area (Å²) in [6.45, 7) is 1.97. The smallest absolute Gasteiger partial charge is 0.119 e. The average Bonchev–Trinajstić information content (AvgIpc) is 3.09. The standard InChI is InChI=1S/C24H28N2O/c1-26-13-3-2-4-23(26)17-27-24-12-9-20-14-19(15-21(20)16-24)6-5-18-7-10-22(25)11-8-18/h5-12,14,16,23H,2-4,13,15,17,25H2,1H3/b6-5+. The molecule has 1 unspecified atom stereocenters. The van der Waals surface area contributed by atoms with Crippen molar-refractivity contribution in [2.24, 2.45) is 0 Å². The lowest BCUT2D eigenvalue weighted by Crippen LogP contribution is -2.40. The van der Waals surface area contributed by atoms with Gasteiger partial charge < -0.3 is 15.4 Å². The van der Waals surface area contributed by atoms with Crippen molar-refractivity contribution in [3.05, 3.63) is 70.8 Å². The molecule has 2 N–H and O–H groups in total. The zero-order chi connectivity index (χ0) is 18.6. The maximum Gasteiger partial charge on any atom is 0.119 e. The summed E-state index contributed by atoms with van der Waals surface area (Å²) >= 11 is 0. The molecule has 1 heterocycles.